The SMILES string of the molecule is CCCCCCCCc1c[c-]c(-c2ccccn2)c2c1CCCC2.[Pt]. The van der Waals surface area contributed by atoms with Crippen LogP contribution >= 0.6 is 0 Å². The Morgan fingerprint density at radius 3 is 2.48 bits per heavy atom. The first-order valence-corrected chi connectivity index (χ1v) is 9.87. The Balaban J connectivity index is 0.00000225. The molecule has 1 aromatic carbocycles. The third-order valence-corrected chi connectivity index (χ3v) is 5.27. The van der Waals surface area contributed by atoms with Gasteiger partial charge in [-0.3, -0.25) is 0 Å². The minimum absolute atomic E-state index is 0. The van der Waals surface area contributed by atoms with Gasteiger partial charge in [0.05, 0.1) is 0 Å². The van der Waals surface area contributed by atoms with Crippen molar-refractivity contribution in [3.63, 3.8) is 0 Å². The number of nitrogens with zero attached hydrogens (tertiary/aromatic N) is 1. The van der Waals surface area contributed by atoms with Gasteiger partial charge in [-0.25, -0.2) is 0 Å². The quantitative estimate of drug-likeness (QED) is 0.296. The first kappa shape index (κ1) is 20.4. The molecule has 1 aromatic heterocycles. The van der Waals surface area contributed by atoms with Crippen LogP contribution in [0.15, 0.2) is 30.5 Å². The average molecular weight is 516 g/mol. The zero-order valence-corrected chi connectivity index (χ0v) is 17.7. The van der Waals surface area contributed by atoms with E-state index in [4.69, 9.17) is 0 Å². The Hall–Kier alpha value is -0.942. The summed E-state index contributed by atoms with van der Waals surface area (Å²) in [5.41, 5.74) is 7.04. The third kappa shape index (κ3) is 5.52. The monoisotopic (exact) mass is 515 g/mol. The van der Waals surface area contributed by atoms with E-state index in [9.17, 15) is 0 Å². The van der Waals surface area contributed by atoms with E-state index < -0.39 is 0 Å². The maximum Gasteiger partial charge on any atom is 0.0160 e. The molecule has 2 heteroatoms. The molecule has 0 spiro atoms. The summed E-state index contributed by atoms with van der Waals surface area (Å²) < 4.78 is 0. The molecule has 0 fully saturated rings. The predicted molar refractivity (Wildman–Crippen MR) is 102 cm³/mol. The van der Waals surface area contributed by atoms with Gasteiger partial charge in [0.25, 0.3) is 0 Å². The second-order valence-electron chi connectivity index (χ2n) is 7.09. The van der Waals surface area contributed by atoms with E-state index in [0.29, 0.717) is 0 Å². The maximum absolute atomic E-state index is 4.56. The van der Waals surface area contributed by atoms with E-state index in [1.807, 2.05) is 12.3 Å². The van der Waals surface area contributed by atoms with Gasteiger partial charge in [0.1, 0.15) is 0 Å². The fraction of sp³-hybridized carbons (Fsp3) is 0.522. The second kappa shape index (κ2) is 10.9. The van der Waals surface area contributed by atoms with Gasteiger partial charge in [-0.15, -0.1) is 34.4 Å². The minimum atomic E-state index is 0. The number of fused-ring (bicyclic) bond motifs is 1. The summed E-state index contributed by atoms with van der Waals surface area (Å²) in [4.78, 5) is 4.56. The molecule has 1 aliphatic rings. The first-order chi connectivity index (χ1) is 11.9. The van der Waals surface area contributed by atoms with E-state index in [1.54, 1.807) is 11.1 Å². The summed E-state index contributed by atoms with van der Waals surface area (Å²) in [6.45, 7) is 2.28. The van der Waals surface area contributed by atoms with Crippen LogP contribution in [0.5, 0.6) is 0 Å². The maximum atomic E-state index is 4.56. The van der Waals surface area contributed by atoms with Crippen LogP contribution < -0.4 is 0 Å². The molecule has 0 radical (unpaired) electrons. The summed E-state index contributed by atoms with van der Waals surface area (Å²) in [6.07, 6.45) is 16.4. The van der Waals surface area contributed by atoms with Crippen molar-refractivity contribution in [1.82, 2.24) is 4.98 Å². The Bertz CT molecular complexity index is 636. The van der Waals surface area contributed by atoms with Gasteiger partial charge in [-0.05, 0) is 18.2 Å². The van der Waals surface area contributed by atoms with E-state index in [0.717, 1.165) is 5.69 Å². The fourth-order valence-electron chi connectivity index (χ4n) is 3.93. The minimum Gasteiger partial charge on any atom is -0.305 e. The van der Waals surface area contributed by atoms with Gasteiger partial charge in [0.15, 0.2) is 0 Å². The van der Waals surface area contributed by atoms with E-state index in [1.165, 1.54) is 81.8 Å². The van der Waals surface area contributed by atoms with Crippen LogP contribution in [0.4, 0.5) is 0 Å². The summed E-state index contributed by atoms with van der Waals surface area (Å²) in [5.74, 6) is 0. The standard InChI is InChI=1S/C23H30N.Pt/c1-2-3-4-5-6-7-12-19-16-17-22(23-15-10-11-18-24-23)21-14-9-8-13-20(19)21;/h10-11,15-16,18H,2-9,12-14H2,1H3;/q-1;. The summed E-state index contributed by atoms with van der Waals surface area (Å²) >= 11 is 0. The van der Waals surface area contributed by atoms with Gasteiger partial charge in [0.2, 0.25) is 0 Å². The third-order valence-electron chi connectivity index (χ3n) is 5.27. The molecule has 0 bridgehead atoms. The Labute approximate surface area is 167 Å². The second-order valence-corrected chi connectivity index (χ2v) is 7.09. The van der Waals surface area contributed by atoms with Crippen molar-refractivity contribution in [2.75, 3.05) is 0 Å². The molecule has 2 aromatic rings. The van der Waals surface area contributed by atoms with Gasteiger partial charge in [-0.2, -0.15) is 0 Å². The number of unbranched alkanes of at least 4 members (excludes halogenated alkanes) is 5. The number of rotatable bonds is 8. The number of hydrogen-bond donors (Lipinski definition) is 0. The smallest absolute Gasteiger partial charge is 0.0160 e. The van der Waals surface area contributed by atoms with Crippen molar-refractivity contribution in [2.45, 2.75) is 77.6 Å². The molecule has 1 aliphatic carbocycles. The molecule has 0 saturated carbocycles. The van der Waals surface area contributed by atoms with Crippen molar-refractivity contribution in [2.24, 2.45) is 0 Å². The number of pyridine rings is 1. The van der Waals surface area contributed by atoms with Crippen LogP contribution in [-0.4, -0.2) is 4.98 Å². The normalized spacial score (nSPS) is 13.2. The molecular formula is C23H30NPt-. The molecule has 0 atom stereocenters. The molecule has 0 unspecified atom stereocenters. The van der Waals surface area contributed by atoms with Crippen LogP contribution in [0, 0.1) is 6.07 Å². The van der Waals surface area contributed by atoms with E-state index in [2.05, 4.69) is 36.2 Å². The van der Waals surface area contributed by atoms with Crippen LogP contribution in [0.2, 0.25) is 0 Å². The summed E-state index contributed by atoms with van der Waals surface area (Å²) in [7, 11) is 0. The molecule has 1 nitrogen and oxygen atoms in total. The van der Waals surface area contributed by atoms with Crippen molar-refractivity contribution < 1.29 is 21.1 Å². The van der Waals surface area contributed by atoms with Crippen molar-refractivity contribution >= 4 is 0 Å². The number of hydrogen-bond acceptors (Lipinski definition) is 1. The van der Waals surface area contributed by atoms with Gasteiger partial charge in [-0.1, -0.05) is 83.3 Å². The zero-order chi connectivity index (χ0) is 16.6. The Morgan fingerprint density at radius 1 is 0.960 bits per heavy atom. The van der Waals surface area contributed by atoms with Crippen molar-refractivity contribution in [3.8, 4) is 11.3 Å². The van der Waals surface area contributed by atoms with Crippen LogP contribution in [0.1, 0.15) is 75.0 Å². The molecule has 138 valence electrons. The Kier molecular flexibility index (Phi) is 8.90. The van der Waals surface area contributed by atoms with Gasteiger partial charge < -0.3 is 4.98 Å². The van der Waals surface area contributed by atoms with Crippen LogP contribution in [0.3, 0.4) is 0 Å². The van der Waals surface area contributed by atoms with Crippen LogP contribution in [-0.2, 0) is 40.3 Å². The molecule has 0 amide bonds. The average Bonchev–Trinajstić information content (AvgIpc) is 2.65. The molecule has 0 N–H and O–H groups in total. The zero-order valence-electron chi connectivity index (χ0n) is 15.4. The number of benzene rings is 1. The van der Waals surface area contributed by atoms with Gasteiger partial charge >= 0.3 is 0 Å². The van der Waals surface area contributed by atoms with Crippen molar-refractivity contribution in [3.05, 3.63) is 53.2 Å². The number of aryl methyl sites for hydroxylation is 1. The van der Waals surface area contributed by atoms with Crippen LogP contribution in [0.25, 0.3) is 11.3 Å². The fourth-order valence-corrected chi connectivity index (χ4v) is 3.93. The van der Waals surface area contributed by atoms with Crippen molar-refractivity contribution in [1.29, 1.82) is 0 Å². The molecule has 1 heterocycles. The van der Waals surface area contributed by atoms with E-state index in [-0.39, 0.29) is 21.1 Å². The number of aromatic nitrogens is 1. The molecular weight excluding hydrogens is 485 g/mol. The molecule has 0 aliphatic heterocycles. The topological polar surface area (TPSA) is 12.9 Å². The predicted octanol–water partition coefficient (Wildman–Crippen LogP) is 6.33. The Morgan fingerprint density at radius 2 is 1.72 bits per heavy atom. The largest absolute Gasteiger partial charge is 0.305 e. The molecule has 3 rings (SSSR count). The van der Waals surface area contributed by atoms with Gasteiger partial charge in [0, 0.05) is 27.3 Å². The summed E-state index contributed by atoms with van der Waals surface area (Å²) in [6, 6.07) is 12.0. The summed E-state index contributed by atoms with van der Waals surface area (Å²) in [5, 5.41) is 0. The van der Waals surface area contributed by atoms with E-state index >= 15 is 0 Å². The molecule has 0 saturated heterocycles. The first-order valence-electron chi connectivity index (χ1n) is 9.87. The molecule has 25 heavy (non-hydrogen) atoms.